The van der Waals surface area contributed by atoms with Crippen molar-refractivity contribution in [2.45, 2.75) is 32.6 Å². The van der Waals surface area contributed by atoms with Crippen molar-refractivity contribution < 1.29 is 4.74 Å². The average Bonchev–Trinajstić information content (AvgIpc) is 2.47. The lowest BCUT2D eigenvalue weighted by molar-refractivity contribution is 0.288. The Labute approximate surface area is 115 Å². The lowest BCUT2D eigenvalue weighted by Crippen LogP contribution is -2.07. The maximum absolute atomic E-state index is 5.66. The molecule has 2 aromatic rings. The van der Waals surface area contributed by atoms with Gasteiger partial charge in [0.15, 0.2) is 0 Å². The molecule has 0 aliphatic carbocycles. The molecule has 0 saturated carbocycles. The maximum atomic E-state index is 5.66. The standard InChI is InChI=1S/C18H20O/c1-13(2)14-5-7-15(8-6-14)16-9-10-18-17(12-16)4-3-11-19-18/h5-10,12-13H,3-4,11H2,1-2H3. The Morgan fingerprint density at radius 1 is 0.947 bits per heavy atom. The van der Waals surface area contributed by atoms with E-state index in [1.807, 2.05) is 0 Å². The number of fused-ring (bicyclic) bond motifs is 1. The fourth-order valence-corrected chi connectivity index (χ4v) is 2.60. The molecule has 0 spiro atoms. The summed E-state index contributed by atoms with van der Waals surface area (Å²) in [5.74, 6) is 1.65. The summed E-state index contributed by atoms with van der Waals surface area (Å²) in [6.45, 7) is 5.31. The van der Waals surface area contributed by atoms with Crippen molar-refractivity contribution >= 4 is 0 Å². The first-order chi connectivity index (χ1) is 9.24. The molecule has 0 N–H and O–H groups in total. The zero-order chi connectivity index (χ0) is 13.2. The van der Waals surface area contributed by atoms with Gasteiger partial charge in [-0.1, -0.05) is 44.2 Å². The summed E-state index contributed by atoms with van der Waals surface area (Å²) in [6.07, 6.45) is 2.26. The molecule has 2 aromatic carbocycles. The van der Waals surface area contributed by atoms with E-state index >= 15 is 0 Å². The van der Waals surface area contributed by atoms with E-state index in [1.54, 1.807) is 0 Å². The normalized spacial score (nSPS) is 14.1. The van der Waals surface area contributed by atoms with Crippen LogP contribution in [-0.2, 0) is 6.42 Å². The van der Waals surface area contributed by atoms with E-state index in [0.29, 0.717) is 5.92 Å². The highest BCUT2D eigenvalue weighted by Crippen LogP contribution is 2.30. The summed E-state index contributed by atoms with van der Waals surface area (Å²) in [4.78, 5) is 0. The van der Waals surface area contributed by atoms with Gasteiger partial charge in [-0.3, -0.25) is 0 Å². The van der Waals surface area contributed by atoms with Crippen molar-refractivity contribution in [1.82, 2.24) is 0 Å². The molecule has 1 heterocycles. The van der Waals surface area contributed by atoms with Crippen LogP contribution in [0.4, 0.5) is 0 Å². The summed E-state index contributed by atoms with van der Waals surface area (Å²) >= 11 is 0. The molecule has 1 aliphatic rings. The van der Waals surface area contributed by atoms with E-state index in [2.05, 4.69) is 56.3 Å². The van der Waals surface area contributed by atoms with Gasteiger partial charge in [-0.2, -0.15) is 0 Å². The van der Waals surface area contributed by atoms with Gasteiger partial charge in [-0.25, -0.2) is 0 Å². The van der Waals surface area contributed by atoms with E-state index < -0.39 is 0 Å². The number of rotatable bonds is 2. The van der Waals surface area contributed by atoms with Crippen LogP contribution in [0.1, 0.15) is 37.3 Å². The fraction of sp³-hybridized carbons (Fsp3) is 0.333. The van der Waals surface area contributed by atoms with E-state index in [1.165, 1.54) is 22.3 Å². The van der Waals surface area contributed by atoms with Crippen LogP contribution in [0.2, 0.25) is 0 Å². The molecule has 1 nitrogen and oxygen atoms in total. The first kappa shape index (κ1) is 12.3. The van der Waals surface area contributed by atoms with Crippen molar-refractivity contribution in [3.63, 3.8) is 0 Å². The molecule has 3 rings (SSSR count). The van der Waals surface area contributed by atoms with Crippen molar-refractivity contribution in [2.75, 3.05) is 6.61 Å². The molecule has 0 bridgehead atoms. The topological polar surface area (TPSA) is 9.23 Å². The lowest BCUT2D eigenvalue weighted by Gasteiger charge is -2.18. The highest BCUT2D eigenvalue weighted by Gasteiger charge is 2.11. The van der Waals surface area contributed by atoms with Crippen LogP contribution in [0, 0.1) is 0 Å². The Hall–Kier alpha value is -1.76. The summed E-state index contributed by atoms with van der Waals surface area (Å²) in [5, 5.41) is 0. The Balaban J connectivity index is 1.93. The second kappa shape index (κ2) is 5.08. The van der Waals surface area contributed by atoms with E-state index in [4.69, 9.17) is 4.74 Å². The number of hydrogen-bond acceptors (Lipinski definition) is 1. The van der Waals surface area contributed by atoms with Gasteiger partial charge >= 0.3 is 0 Å². The predicted octanol–water partition coefficient (Wildman–Crippen LogP) is 4.80. The van der Waals surface area contributed by atoms with Crippen LogP contribution in [-0.4, -0.2) is 6.61 Å². The molecule has 1 aliphatic heterocycles. The summed E-state index contributed by atoms with van der Waals surface area (Å²) in [6, 6.07) is 15.5. The van der Waals surface area contributed by atoms with Gasteiger partial charge in [0.25, 0.3) is 0 Å². The third-order valence-corrected chi connectivity index (χ3v) is 3.82. The van der Waals surface area contributed by atoms with Crippen LogP contribution in [0.3, 0.4) is 0 Å². The molecule has 0 radical (unpaired) electrons. The van der Waals surface area contributed by atoms with Crippen molar-refractivity contribution in [3.05, 3.63) is 53.6 Å². The average molecular weight is 252 g/mol. The van der Waals surface area contributed by atoms with Crippen molar-refractivity contribution in [1.29, 1.82) is 0 Å². The van der Waals surface area contributed by atoms with Gasteiger partial charge in [0, 0.05) is 0 Å². The Morgan fingerprint density at radius 2 is 1.68 bits per heavy atom. The van der Waals surface area contributed by atoms with Gasteiger partial charge in [-0.15, -0.1) is 0 Å². The second-order valence-corrected chi connectivity index (χ2v) is 5.55. The Kier molecular flexibility index (Phi) is 3.29. The van der Waals surface area contributed by atoms with Crippen LogP contribution in [0.5, 0.6) is 5.75 Å². The van der Waals surface area contributed by atoms with Gasteiger partial charge in [-0.05, 0) is 53.1 Å². The molecule has 98 valence electrons. The van der Waals surface area contributed by atoms with Crippen LogP contribution < -0.4 is 4.74 Å². The van der Waals surface area contributed by atoms with Gasteiger partial charge in [0.1, 0.15) is 5.75 Å². The fourth-order valence-electron chi connectivity index (χ4n) is 2.60. The zero-order valence-corrected chi connectivity index (χ0v) is 11.6. The van der Waals surface area contributed by atoms with Crippen molar-refractivity contribution in [3.8, 4) is 16.9 Å². The predicted molar refractivity (Wildman–Crippen MR) is 79.8 cm³/mol. The smallest absolute Gasteiger partial charge is 0.122 e. The van der Waals surface area contributed by atoms with E-state index in [9.17, 15) is 0 Å². The van der Waals surface area contributed by atoms with Crippen molar-refractivity contribution in [2.24, 2.45) is 0 Å². The van der Waals surface area contributed by atoms with Crippen LogP contribution in [0.15, 0.2) is 42.5 Å². The van der Waals surface area contributed by atoms with Gasteiger partial charge < -0.3 is 4.74 Å². The summed E-state index contributed by atoms with van der Waals surface area (Å²) in [7, 11) is 0. The number of hydrogen-bond donors (Lipinski definition) is 0. The minimum atomic E-state index is 0.589. The largest absolute Gasteiger partial charge is 0.493 e. The molecule has 0 fully saturated rings. The second-order valence-electron chi connectivity index (χ2n) is 5.55. The summed E-state index contributed by atoms with van der Waals surface area (Å²) in [5.41, 5.74) is 5.32. The SMILES string of the molecule is CC(C)c1ccc(-c2ccc3c(c2)CCCO3)cc1. The first-order valence-corrected chi connectivity index (χ1v) is 7.10. The Bertz CT molecular complexity index is 567. The highest BCUT2D eigenvalue weighted by atomic mass is 16.5. The summed E-state index contributed by atoms with van der Waals surface area (Å²) < 4.78 is 5.66. The van der Waals surface area contributed by atoms with Crippen LogP contribution >= 0.6 is 0 Å². The molecule has 0 unspecified atom stereocenters. The number of ether oxygens (including phenoxy) is 1. The third-order valence-electron chi connectivity index (χ3n) is 3.82. The number of benzene rings is 2. The first-order valence-electron chi connectivity index (χ1n) is 7.10. The van der Waals surface area contributed by atoms with Crippen LogP contribution in [0.25, 0.3) is 11.1 Å². The highest BCUT2D eigenvalue weighted by molar-refractivity contribution is 5.66. The minimum absolute atomic E-state index is 0.589. The molecule has 0 saturated heterocycles. The molecule has 19 heavy (non-hydrogen) atoms. The quantitative estimate of drug-likeness (QED) is 0.745. The van der Waals surface area contributed by atoms with Gasteiger partial charge in [0.2, 0.25) is 0 Å². The molecule has 0 aromatic heterocycles. The zero-order valence-electron chi connectivity index (χ0n) is 11.6. The maximum Gasteiger partial charge on any atom is 0.122 e. The van der Waals surface area contributed by atoms with Gasteiger partial charge in [0.05, 0.1) is 6.61 Å². The van der Waals surface area contributed by atoms with E-state index in [0.717, 1.165) is 25.2 Å². The molecule has 1 heteroatoms. The molecule has 0 atom stereocenters. The Morgan fingerprint density at radius 3 is 2.42 bits per heavy atom. The number of aryl methyl sites for hydroxylation is 1. The third kappa shape index (κ3) is 2.51. The molecular formula is C18H20O. The van der Waals surface area contributed by atoms with E-state index in [-0.39, 0.29) is 0 Å². The lowest BCUT2D eigenvalue weighted by atomic mass is 9.96. The molecule has 0 amide bonds. The molecular weight excluding hydrogens is 232 g/mol. The minimum Gasteiger partial charge on any atom is -0.493 e. The monoisotopic (exact) mass is 252 g/mol.